The van der Waals surface area contributed by atoms with Crippen molar-refractivity contribution in [1.29, 1.82) is 0 Å². The topological polar surface area (TPSA) is 32.9 Å². The number of aromatic amines is 1. The Hall–Kier alpha value is -1.28. The number of hydrogen-bond donors (Lipinski definition) is 1. The monoisotopic (exact) mass is 193 g/mol. The summed E-state index contributed by atoms with van der Waals surface area (Å²) < 4.78 is 0. The Balaban J connectivity index is 2.95. The van der Waals surface area contributed by atoms with Crippen molar-refractivity contribution in [3.05, 3.63) is 45.2 Å². The van der Waals surface area contributed by atoms with E-state index in [4.69, 9.17) is 11.6 Å². The molecule has 0 spiro atoms. The lowest BCUT2D eigenvalue weighted by atomic mass is 10.1. The van der Waals surface area contributed by atoms with Gasteiger partial charge in [-0.05, 0) is 36.1 Å². The molecule has 2 aromatic rings. The summed E-state index contributed by atoms with van der Waals surface area (Å²) >= 11 is 5.87. The molecule has 3 heteroatoms. The number of aromatic nitrogens is 1. The summed E-state index contributed by atoms with van der Waals surface area (Å²) in [5.41, 5.74) is 1.76. The van der Waals surface area contributed by atoms with E-state index in [0.717, 1.165) is 16.5 Å². The van der Waals surface area contributed by atoms with Gasteiger partial charge in [-0.25, -0.2) is 0 Å². The minimum Gasteiger partial charge on any atom is -0.322 e. The van der Waals surface area contributed by atoms with E-state index in [1.165, 1.54) is 6.07 Å². The molecule has 2 rings (SSSR count). The first-order chi connectivity index (χ1) is 6.16. The molecule has 66 valence electrons. The van der Waals surface area contributed by atoms with E-state index in [1.54, 1.807) is 6.07 Å². The molecule has 0 fully saturated rings. The van der Waals surface area contributed by atoms with Crippen LogP contribution in [-0.4, -0.2) is 4.98 Å². The number of hydrogen-bond acceptors (Lipinski definition) is 1. The number of rotatable bonds is 0. The number of halogens is 1. The first kappa shape index (κ1) is 8.32. The molecule has 13 heavy (non-hydrogen) atoms. The molecule has 0 saturated carbocycles. The van der Waals surface area contributed by atoms with Crippen LogP contribution in [0, 0.1) is 6.92 Å². The highest BCUT2D eigenvalue weighted by atomic mass is 35.5. The highest BCUT2D eigenvalue weighted by Crippen LogP contribution is 2.20. The maximum atomic E-state index is 11.0. The second-order valence-corrected chi connectivity index (χ2v) is 3.45. The minimum absolute atomic E-state index is 0.0853. The highest BCUT2D eigenvalue weighted by molar-refractivity contribution is 6.31. The SMILES string of the molecule is Cc1cc(Cl)cc2ccc(=O)[nH]c12. The number of H-pyrrole nitrogens is 1. The van der Waals surface area contributed by atoms with Gasteiger partial charge in [-0.3, -0.25) is 4.79 Å². The third kappa shape index (κ3) is 1.45. The van der Waals surface area contributed by atoms with Gasteiger partial charge in [0, 0.05) is 11.1 Å². The van der Waals surface area contributed by atoms with Gasteiger partial charge >= 0.3 is 0 Å². The van der Waals surface area contributed by atoms with Gasteiger partial charge in [-0.2, -0.15) is 0 Å². The van der Waals surface area contributed by atoms with Gasteiger partial charge in [0.25, 0.3) is 0 Å². The number of benzene rings is 1. The molecule has 0 atom stereocenters. The molecule has 0 amide bonds. The maximum absolute atomic E-state index is 11.0. The average molecular weight is 194 g/mol. The Morgan fingerprint density at radius 3 is 2.85 bits per heavy atom. The Labute approximate surface area is 80.2 Å². The summed E-state index contributed by atoms with van der Waals surface area (Å²) in [6.45, 7) is 1.92. The molecule has 1 heterocycles. The van der Waals surface area contributed by atoms with Crippen LogP contribution < -0.4 is 5.56 Å². The summed E-state index contributed by atoms with van der Waals surface area (Å²) in [6, 6.07) is 6.94. The first-order valence-electron chi connectivity index (χ1n) is 3.96. The van der Waals surface area contributed by atoms with Crippen LogP contribution in [0.3, 0.4) is 0 Å². The average Bonchev–Trinajstić information content (AvgIpc) is 2.06. The van der Waals surface area contributed by atoms with E-state index in [0.29, 0.717) is 5.02 Å². The van der Waals surface area contributed by atoms with Gasteiger partial charge in [0.2, 0.25) is 5.56 Å². The molecule has 0 aliphatic carbocycles. The van der Waals surface area contributed by atoms with Gasteiger partial charge in [0.05, 0.1) is 5.52 Å². The number of nitrogens with one attached hydrogen (secondary N) is 1. The van der Waals surface area contributed by atoms with Gasteiger partial charge in [-0.1, -0.05) is 11.6 Å². The van der Waals surface area contributed by atoms with E-state index in [1.807, 2.05) is 19.1 Å². The van der Waals surface area contributed by atoms with Crippen LogP contribution in [0.4, 0.5) is 0 Å². The molecule has 0 saturated heterocycles. The lowest BCUT2D eigenvalue weighted by molar-refractivity contribution is 1.28. The molecule has 1 N–H and O–H groups in total. The third-order valence-electron chi connectivity index (χ3n) is 1.99. The van der Waals surface area contributed by atoms with Gasteiger partial charge in [0.15, 0.2) is 0 Å². The van der Waals surface area contributed by atoms with Crippen LogP contribution >= 0.6 is 11.6 Å². The molecule has 0 bridgehead atoms. The zero-order valence-electron chi connectivity index (χ0n) is 7.10. The Morgan fingerprint density at radius 2 is 2.08 bits per heavy atom. The molecule has 1 aromatic carbocycles. The third-order valence-corrected chi connectivity index (χ3v) is 2.21. The molecule has 0 radical (unpaired) electrons. The van der Waals surface area contributed by atoms with Crippen molar-refractivity contribution >= 4 is 22.5 Å². The van der Waals surface area contributed by atoms with E-state index >= 15 is 0 Å². The van der Waals surface area contributed by atoms with Crippen molar-refractivity contribution in [3.8, 4) is 0 Å². The molecular formula is C10H8ClNO. The Kier molecular flexibility index (Phi) is 1.85. The highest BCUT2D eigenvalue weighted by Gasteiger charge is 1.99. The lowest BCUT2D eigenvalue weighted by Crippen LogP contribution is -2.03. The van der Waals surface area contributed by atoms with E-state index in [-0.39, 0.29) is 5.56 Å². The fraction of sp³-hybridized carbons (Fsp3) is 0.100. The second kappa shape index (κ2) is 2.89. The van der Waals surface area contributed by atoms with Crippen molar-refractivity contribution in [3.63, 3.8) is 0 Å². The van der Waals surface area contributed by atoms with Gasteiger partial charge < -0.3 is 4.98 Å². The Bertz CT molecular complexity index is 516. The summed E-state index contributed by atoms with van der Waals surface area (Å²) in [4.78, 5) is 13.8. The largest absolute Gasteiger partial charge is 0.322 e. The summed E-state index contributed by atoms with van der Waals surface area (Å²) in [6.07, 6.45) is 0. The molecule has 0 aliphatic rings. The van der Waals surface area contributed by atoms with Crippen LogP contribution in [-0.2, 0) is 0 Å². The quantitative estimate of drug-likeness (QED) is 0.685. The zero-order chi connectivity index (χ0) is 9.42. The fourth-order valence-corrected chi connectivity index (χ4v) is 1.68. The van der Waals surface area contributed by atoms with Crippen LogP contribution in [0.1, 0.15) is 5.56 Å². The standard InChI is InChI=1S/C10H8ClNO/c1-6-4-8(11)5-7-2-3-9(13)12-10(6)7/h2-5H,1H3,(H,12,13). The summed E-state index contributed by atoms with van der Waals surface area (Å²) in [5.74, 6) is 0. The number of pyridine rings is 1. The van der Waals surface area contributed by atoms with Crippen molar-refractivity contribution in [1.82, 2.24) is 4.98 Å². The number of fused-ring (bicyclic) bond motifs is 1. The predicted octanol–water partition coefficient (Wildman–Crippen LogP) is 2.49. The lowest BCUT2D eigenvalue weighted by Gasteiger charge is -2.01. The van der Waals surface area contributed by atoms with Crippen LogP contribution in [0.25, 0.3) is 10.9 Å². The summed E-state index contributed by atoms with van der Waals surface area (Å²) in [5, 5.41) is 1.65. The zero-order valence-corrected chi connectivity index (χ0v) is 7.85. The molecule has 2 nitrogen and oxygen atoms in total. The minimum atomic E-state index is -0.0853. The molecule has 1 aromatic heterocycles. The van der Waals surface area contributed by atoms with Crippen LogP contribution in [0.5, 0.6) is 0 Å². The van der Waals surface area contributed by atoms with Gasteiger partial charge in [-0.15, -0.1) is 0 Å². The molecule has 0 unspecified atom stereocenters. The van der Waals surface area contributed by atoms with Crippen molar-refractivity contribution in [2.24, 2.45) is 0 Å². The second-order valence-electron chi connectivity index (χ2n) is 3.01. The van der Waals surface area contributed by atoms with Crippen molar-refractivity contribution in [2.75, 3.05) is 0 Å². The van der Waals surface area contributed by atoms with Crippen LogP contribution in [0.15, 0.2) is 29.1 Å². The number of aryl methyl sites for hydroxylation is 1. The first-order valence-corrected chi connectivity index (χ1v) is 4.34. The molecular weight excluding hydrogens is 186 g/mol. The fourth-order valence-electron chi connectivity index (χ4n) is 1.40. The summed E-state index contributed by atoms with van der Waals surface area (Å²) in [7, 11) is 0. The maximum Gasteiger partial charge on any atom is 0.248 e. The smallest absolute Gasteiger partial charge is 0.248 e. The van der Waals surface area contributed by atoms with Crippen molar-refractivity contribution < 1.29 is 0 Å². The van der Waals surface area contributed by atoms with Crippen molar-refractivity contribution in [2.45, 2.75) is 6.92 Å². The van der Waals surface area contributed by atoms with E-state index in [9.17, 15) is 4.79 Å². The van der Waals surface area contributed by atoms with E-state index in [2.05, 4.69) is 4.98 Å². The molecule has 0 aliphatic heterocycles. The Morgan fingerprint density at radius 1 is 1.31 bits per heavy atom. The van der Waals surface area contributed by atoms with Crippen LogP contribution in [0.2, 0.25) is 5.02 Å². The van der Waals surface area contributed by atoms with E-state index < -0.39 is 0 Å². The van der Waals surface area contributed by atoms with Gasteiger partial charge in [0.1, 0.15) is 0 Å². The predicted molar refractivity (Wildman–Crippen MR) is 54.3 cm³/mol. The normalized spacial score (nSPS) is 10.6.